The molecule has 0 radical (unpaired) electrons. The zero-order valence-electron chi connectivity index (χ0n) is 68.6. The molecule has 2 unspecified atom stereocenters. The highest BCUT2D eigenvalue weighted by atomic mass is 31.2. The lowest BCUT2D eigenvalue weighted by Gasteiger charge is -2.28. The van der Waals surface area contributed by atoms with Crippen molar-refractivity contribution in [3.63, 3.8) is 0 Å². The number of phosphoric ester groups is 1. The number of unbranched alkanes of at least 4 members (excludes halogenated alkanes) is 29. The summed E-state index contributed by atoms with van der Waals surface area (Å²) in [6, 6.07) is 0. The second-order valence-electron chi connectivity index (χ2n) is 29.1. The molecule has 2 atom stereocenters. The van der Waals surface area contributed by atoms with Crippen LogP contribution in [0.3, 0.4) is 0 Å². The summed E-state index contributed by atoms with van der Waals surface area (Å²) in [4.78, 5) is 38.3. The highest BCUT2D eigenvalue weighted by Gasteiger charge is 2.22. The number of esters is 2. The second-order valence-corrected chi connectivity index (χ2v) is 30.5. The number of likely N-dealkylation sites (N-methyl/N-ethyl adjacent to an activating group) is 1. The van der Waals surface area contributed by atoms with Crippen molar-refractivity contribution in [1.29, 1.82) is 0 Å². The van der Waals surface area contributed by atoms with Gasteiger partial charge < -0.3 is 27.9 Å². The number of phosphoric acid groups is 1. The summed E-state index contributed by atoms with van der Waals surface area (Å²) in [6.45, 7) is 4.01. The molecule has 600 valence electrons. The van der Waals surface area contributed by atoms with E-state index in [1.807, 2.05) is 21.1 Å². The van der Waals surface area contributed by atoms with E-state index in [-0.39, 0.29) is 32.0 Å². The van der Waals surface area contributed by atoms with E-state index in [0.29, 0.717) is 17.4 Å². The number of hydrogen-bond donors (Lipinski definition) is 0. The summed E-state index contributed by atoms with van der Waals surface area (Å²) >= 11 is 0. The van der Waals surface area contributed by atoms with Crippen LogP contribution in [0, 0.1) is 0 Å². The maximum absolute atomic E-state index is 12.9. The lowest BCUT2D eigenvalue weighted by Crippen LogP contribution is -2.37. The highest BCUT2D eigenvalue weighted by molar-refractivity contribution is 7.45. The quantitative estimate of drug-likeness (QED) is 0.0195. The van der Waals surface area contributed by atoms with Gasteiger partial charge in [0, 0.05) is 12.8 Å². The maximum atomic E-state index is 12.9. The molecule has 0 aliphatic carbocycles. The smallest absolute Gasteiger partial charge is 0.306 e. The lowest BCUT2D eigenvalue weighted by atomic mass is 10.0. The third kappa shape index (κ3) is 87.5. The van der Waals surface area contributed by atoms with Gasteiger partial charge in [-0.3, -0.25) is 14.2 Å². The Labute approximate surface area is 653 Å². The van der Waals surface area contributed by atoms with Crippen LogP contribution in [0.25, 0.3) is 0 Å². The SMILES string of the molecule is CC/C=C\C/C=C\C/C=C\C/C=C\C/C=C\C/C=C\C/C=C\C/C=C\C/C=C\C/C=C\CCCCCCCCCCCCC(=O)OC(COC(=O)CCCCCCCCCCCCCCCCCCCCC/C=C\C/C=C\C/C=C\C/C=C\C/C=C\C/C=C\C/C=C\CC)COP(=O)([O-])OCC[N+](C)(C)C. The van der Waals surface area contributed by atoms with E-state index < -0.39 is 26.5 Å². The first kappa shape index (κ1) is 101. The number of hydrogen-bond acceptors (Lipinski definition) is 8. The highest BCUT2D eigenvalue weighted by Crippen LogP contribution is 2.38. The number of nitrogens with zero attached hydrogens (tertiary/aromatic N) is 1. The Balaban J connectivity index is 4.01. The molecule has 0 saturated heterocycles. The number of quaternary nitrogens is 1. The zero-order chi connectivity index (χ0) is 76.8. The predicted molar refractivity (Wildman–Crippen MR) is 461 cm³/mol. The summed E-state index contributed by atoms with van der Waals surface area (Å²) in [5.74, 6) is -0.839. The van der Waals surface area contributed by atoms with Crippen molar-refractivity contribution < 1.29 is 42.1 Å². The molecule has 0 aromatic rings. The molecule has 106 heavy (non-hydrogen) atoms. The van der Waals surface area contributed by atoms with E-state index in [0.717, 1.165) is 154 Å². The monoisotopic (exact) mass is 1480 g/mol. The maximum Gasteiger partial charge on any atom is 0.306 e. The van der Waals surface area contributed by atoms with Crippen LogP contribution < -0.4 is 4.89 Å². The molecular formula is C96H158NO8P. The van der Waals surface area contributed by atoms with Gasteiger partial charge in [-0.15, -0.1) is 0 Å². The van der Waals surface area contributed by atoms with Crippen molar-refractivity contribution in [1.82, 2.24) is 0 Å². The van der Waals surface area contributed by atoms with Gasteiger partial charge in [-0.2, -0.15) is 0 Å². The second kappa shape index (κ2) is 83.6. The topological polar surface area (TPSA) is 111 Å². The van der Waals surface area contributed by atoms with E-state index in [1.54, 1.807) is 0 Å². The molecule has 0 aliphatic heterocycles. The lowest BCUT2D eigenvalue weighted by molar-refractivity contribution is -0.870. The minimum atomic E-state index is -4.66. The number of ether oxygens (including phenoxy) is 2. The summed E-state index contributed by atoms with van der Waals surface area (Å²) < 4.78 is 34.4. The standard InChI is InChI=1S/C96H158NO8P/c1-6-8-10-12-14-16-18-20-22-24-26-28-30-32-34-36-38-40-42-44-46-48-50-52-54-56-58-60-62-64-66-68-70-72-74-76-78-80-82-84-86-88-95(98)102-92-94(93-104-106(100,101)103-91-90-97(3,4)5)105-96(99)89-87-85-83-81-79-77-75-73-71-69-67-65-63-61-59-57-55-53-51-49-47-45-43-41-39-37-35-33-31-29-27-25-23-21-19-17-15-13-11-9-7-2/h8-11,14-17,20-23,26-29,32-35,38-41,44-47,51,53,57,59,63,65,94H,6-7,12-13,18-19,24-25,30-31,36-37,42-43,48-50,52,54-56,58,60-62,64,66-93H2,1-5H3/b10-8-,11-9-,16-14-,17-15-,22-20-,23-21-,28-26-,29-27-,34-32-,35-33-,40-38-,41-39-,46-44-,47-45-,53-51-,59-57-,65-63-. The molecule has 0 aromatic heterocycles. The minimum absolute atomic E-state index is 0.0390. The van der Waals surface area contributed by atoms with Crippen molar-refractivity contribution in [2.24, 2.45) is 0 Å². The molecule has 0 rings (SSSR count). The number of carbonyl (C=O) groups is 2. The fourth-order valence-corrected chi connectivity index (χ4v) is 12.1. The van der Waals surface area contributed by atoms with Crippen LogP contribution in [-0.4, -0.2) is 70.0 Å². The minimum Gasteiger partial charge on any atom is -0.756 e. The fraction of sp³-hybridized carbons (Fsp3) is 0.625. The summed E-state index contributed by atoms with van der Waals surface area (Å²) in [5.41, 5.74) is 0. The van der Waals surface area contributed by atoms with Gasteiger partial charge in [-0.25, -0.2) is 0 Å². The van der Waals surface area contributed by atoms with Gasteiger partial charge >= 0.3 is 11.9 Å². The Hall–Kier alpha value is -5.41. The molecule has 10 heteroatoms. The molecule has 0 N–H and O–H groups in total. The van der Waals surface area contributed by atoms with Gasteiger partial charge in [0.1, 0.15) is 19.8 Å². The average molecular weight is 1490 g/mol. The number of rotatable bonds is 77. The Morgan fingerprint density at radius 3 is 0.755 bits per heavy atom. The zero-order valence-corrected chi connectivity index (χ0v) is 69.4. The van der Waals surface area contributed by atoms with E-state index in [2.05, 4.69) is 220 Å². The van der Waals surface area contributed by atoms with Gasteiger partial charge in [0.25, 0.3) is 7.82 Å². The summed E-state index contributed by atoms with van der Waals surface area (Å²) in [5, 5.41) is 0. The van der Waals surface area contributed by atoms with Crippen molar-refractivity contribution in [3.8, 4) is 0 Å². The molecule has 0 saturated carbocycles. The van der Waals surface area contributed by atoms with Crippen LogP contribution in [-0.2, 0) is 32.7 Å². The van der Waals surface area contributed by atoms with Crippen molar-refractivity contribution >= 4 is 19.8 Å². The van der Waals surface area contributed by atoms with Gasteiger partial charge in [-0.1, -0.05) is 381 Å². The molecular weight excluding hydrogens is 1330 g/mol. The largest absolute Gasteiger partial charge is 0.756 e. The third-order valence-electron chi connectivity index (χ3n) is 17.8. The Morgan fingerprint density at radius 1 is 0.292 bits per heavy atom. The van der Waals surface area contributed by atoms with E-state index in [9.17, 15) is 19.0 Å². The van der Waals surface area contributed by atoms with Gasteiger partial charge in [-0.05, 0) is 148 Å². The molecule has 0 heterocycles. The third-order valence-corrected chi connectivity index (χ3v) is 18.8. The van der Waals surface area contributed by atoms with Gasteiger partial charge in [0.15, 0.2) is 6.10 Å². The summed E-state index contributed by atoms with van der Waals surface area (Å²) in [6.07, 6.45) is 131. The van der Waals surface area contributed by atoms with Crippen molar-refractivity contribution in [2.75, 3.05) is 47.5 Å². The molecule has 0 bridgehead atoms. The molecule has 0 fully saturated rings. The molecule has 9 nitrogen and oxygen atoms in total. The van der Waals surface area contributed by atoms with E-state index in [4.69, 9.17) is 18.5 Å². The Kier molecular flexibility index (Phi) is 79.4. The van der Waals surface area contributed by atoms with Gasteiger partial charge in [0.05, 0.1) is 27.7 Å². The van der Waals surface area contributed by atoms with Crippen LogP contribution in [0.5, 0.6) is 0 Å². The molecule has 0 aliphatic rings. The van der Waals surface area contributed by atoms with E-state index >= 15 is 0 Å². The van der Waals surface area contributed by atoms with Crippen LogP contribution >= 0.6 is 7.82 Å². The Bertz CT molecular complexity index is 2560. The molecule has 0 amide bonds. The average Bonchev–Trinajstić information content (AvgIpc) is 0.908. The Morgan fingerprint density at radius 2 is 0.509 bits per heavy atom. The normalized spacial score (nSPS) is 14.1. The van der Waals surface area contributed by atoms with Crippen LogP contribution in [0.15, 0.2) is 207 Å². The van der Waals surface area contributed by atoms with Crippen LogP contribution in [0.4, 0.5) is 0 Å². The molecule has 0 aromatic carbocycles. The summed E-state index contributed by atoms with van der Waals surface area (Å²) in [7, 11) is 1.15. The fourth-order valence-electron chi connectivity index (χ4n) is 11.4. The first-order valence-corrected chi connectivity index (χ1v) is 44.3. The van der Waals surface area contributed by atoms with Crippen LogP contribution in [0.2, 0.25) is 0 Å². The first-order valence-electron chi connectivity index (χ1n) is 42.8. The van der Waals surface area contributed by atoms with Crippen molar-refractivity contribution in [2.45, 2.75) is 341 Å². The van der Waals surface area contributed by atoms with E-state index in [1.165, 1.54) is 148 Å². The number of allylic oxidation sites excluding steroid dienone is 34. The van der Waals surface area contributed by atoms with Crippen molar-refractivity contribution in [3.05, 3.63) is 207 Å². The first-order chi connectivity index (χ1) is 52.0. The predicted octanol–water partition coefficient (Wildman–Crippen LogP) is 28.6. The number of carbonyl (C=O) groups excluding carboxylic acids is 2. The molecule has 0 spiro atoms. The van der Waals surface area contributed by atoms with Crippen LogP contribution in [0.1, 0.15) is 335 Å². The van der Waals surface area contributed by atoms with Gasteiger partial charge in [0.2, 0.25) is 0 Å².